The number of halogens is 1. The highest BCUT2D eigenvalue weighted by molar-refractivity contribution is 5.97. The molecule has 3 fully saturated rings. The number of hydrogen-bond acceptors (Lipinski definition) is 9. The molecule has 2 N–H and O–H groups in total. The number of carbonyl (C=O) groups is 1. The Balaban J connectivity index is 1.14. The number of benzene rings is 2. The van der Waals surface area contributed by atoms with Gasteiger partial charge >= 0.3 is 5.69 Å². The molecule has 3 aliphatic rings. The maximum Gasteiger partial charge on any atom is 0.334 e. The second kappa shape index (κ2) is 13.7. The van der Waals surface area contributed by atoms with Crippen LogP contribution in [0.2, 0.25) is 0 Å². The number of anilines is 1. The molecule has 0 saturated carbocycles. The van der Waals surface area contributed by atoms with E-state index in [1.54, 1.807) is 51.9 Å². The van der Waals surface area contributed by atoms with E-state index in [2.05, 4.69) is 20.9 Å². The van der Waals surface area contributed by atoms with Gasteiger partial charge in [-0.15, -0.1) is 0 Å². The summed E-state index contributed by atoms with van der Waals surface area (Å²) in [5, 5.41) is 10.2. The van der Waals surface area contributed by atoms with E-state index in [1.807, 2.05) is 19.9 Å². The fraction of sp³-hybridized carbons (Fsp3) is 0.405. The summed E-state index contributed by atoms with van der Waals surface area (Å²) >= 11 is 0. The predicted octanol–water partition coefficient (Wildman–Crippen LogP) is 4.11. The molecule has 2 aromatic carbocycles. The molecule has 50 heavy (non-hydrogen) atoms. The van der Waals surface area contributed by atoms with Crippen LogP contribution in [0.25, 0.3) is 16.7 Å². The molecule has 2 aromatic heterocycles. The number of hydrogen-bond donors (Lipinski definition) is 1. The molecular formula is C37H41FN8O4. The summed E-state index contributed by atoms with van der Waals surface area (Å²) in [6.45, 7) is 9.80. The van der Waals surface area contributed by atoms with Gasteiger partial charge in [0.25, 0.3) is 5.91 Å². The fourth-order valence-electron chi connectivity index (χ4n) is 7.31. The van der Waals surface area contributed by atoms with Crippen LogP contribution in [0.3, 0.4) is 0 Å². The van der Waals surface area contributed by atoms with Crippen molar-refractivity contribution in [1.29, 1.82) is 5.26 Å². The average molecular weight is 681 g/mol. The van der Waals surface area contributed by atoms with Crippen molar-refractivity contribution in [2.45, 2.75) is 44.3 Å². The van der Waals surface area contributed by atoms with Gasteiger partial charge in [0.1, 0.15) is 28.7 Å². The van der Waals surface area contributed by atoms with Crippen LogP contribution in [0.5, 0.6) is 11.5 Å². The third-order valence-corrected chi connectivity index (χ3v) is 10.1. The number of nitriles is 1. The van der Waals surface area contributed by atoms with Crippen molar-refractivity contribution in [2.75, 3.05) is 58.2 Å². The SMILES string of the molecule is CC(C)(C=C(C#N)C(=O)N1CCCC(n2c(=O)n(-c3ccc(Oc4ccccc4)c(F)c3)c3c(N)nccc32)C1)N1CCN(C2COC2)CC1. The normalized spacial score (nSPS) is 19.7. The maximum absolute atomic E-state index is 15.4. The van der Waals surface area contributed by atoms with Crippen molar-refractivity contribution in [2.24, 2.45) is 0 Å². The van der Waals surface area contributed by atoms with Gasteiger partial charge in [0.15, 0.2) is 11.6 Å². The van der Waals surface area contributed by atoms with E-state index in [0.717, 1.165) is 39.4 Å². The highest BCUT2D eigenvalue weighted by Gasteiger charge is 2.35. The Morgan fingerprint density at radius 3 is 2.52 bits per heavy atom. The summed E-state index contributed by atoms with van der Waals surface area (Å²) in [5.41, 5.74) is 6.62. The number of carbonyl (C=O) groups excluding carboxylic acids is 1. The Morgan fingerprint density at radius 1 is 1.08 bits per heavy atom. The maximum atomic E-state index is 15.4. The van der Waals surface area contributed by atoms with Crippen LogP contribution in [0.15, 0.2) is 77.2 Å². The molecule has 13 heteroatoms. The number of likely N-dealkylation sites (tertiary alicyclic amines) is 1. The largest absolute Gasteiger partial charge is 0.454 e. The third-order valence-electron chi connectivity index (χ3n) is 10.1. The average Bonchev–Trinajstić information content (AvgIpc) is 3.40. The third kappa shape index (κ3) is 6.37. The Hall–Kier alpha value is -5.03. The van der Waals surface area contributed by atoms with E-state index >= 15 is 4.39 Å². The van der Waals surface area contributed by atoms with Gasteiger partial charge in [-0.1, -0.05) is 18.2 Å². The quantitative estimate of drug-likeness (QED) is 0.216. The number of piperazine rings is 1. The number of nitrogens with zero attached hydrogens (tertiary/aromatic N) is 7. The summed E-state index contributed by atoms with van der Waals surface area (Å²) in [6, 6.07) is 17.1. The Bertz CT molecular complexity index is 2020. The van der Waals surface area contributed by atoms with E-state index in [4.69, 9.17) is 15.2 Å². The molecule has 1 atom stereocenters. The van der Waals surface area contributed by atoms with Crippen LogP contribution in [0, 0.1) is 17.1 Å². The van der Waals surface area contributed by atoms with Gasteiger partial charge in [0, 0.05) is 57.1 Å². The van der Waals surface area contributed by atoms with Gasteiger partial charge in [0.05, 0.1) is 36.5 Å². The van der Waals surface area contributed by atoms with Crippen LogP contribution in [-0.4, -0.2) is 98.8 Å². The van der Waals surface area contributed by atoms with Gasteiger partial charge in [-0.3, -0.25) is 23.7 Å². The number of amides is 1. The second-order valence-electron chi connectivity index (χ2n) is 13.7. The van der Waals surface area contributed by atoms with Crippen LogP contribution < -0.4 is 16.2 Å². The molecule has 5 heterocycles. The van der Waals surface area contributed by atoms with E-state index in [1.165, 1.54) is 22.9 Å². The minimum atomic E-state index is -0.648. The number of ether oxygens (including phenoxy) is 2. The first-order chi connectivity index (χ1) is 24.1. The minimum absolute atomic E-state index is 0.0137. The topological polar surface area (TPSA) is 135 Å². The van der Waals surface area contributed by atoms with Gasteiger partial charge in [-0.25, -0.2) is 14.2 Å². The summed E-state index contributed by atoms with van der Waals surface area (Å²) in [4.78, 5) is 38.8. The summed E-state index contributed by atoms with van der Waals surface area (Å²) in [6.07, 6.45) is 4.56. The number of rotatable bonds is 8. The first kappa shape index (κ1) is 33.5. The Kier molecular flexibility index (Phi) is 9.17. The number of pyridine rings is 1. The predicted molar refractivity (Wildman–Crippen MR) is 187 cm³/mol. The van der Waals surface area contributed by atoms with E-state index in [9.17, 15) is 14.9 Å². The van der Waals surface area contributed by atoms with Crippen LogP contribution in [0.1, 0.15) is 32.7 Å². The van der Waals surface area contributed by atoms with Gasteiger partial charge < -0.3 is 20.1 Å². The van der Waals surface area contributed by atoms with Crippen LogP contribution >= 0.6 is 0 Å². The molecule has 0 spiro atoms. The van der Waals surface area contributed by atoms with Gasteiger partial charge in [-0.05, 0) is 63.1 Å². The highest BCUT2D eigenvalue weighted by Crippen LogP contribution is 2.32. The Labute approximate surface area is 289 Å². The second-order valence-corrected chi connectivity index (χ2v) is 13.7. The Morgan fingerprint density at radius 2 is 1.84 bits per heavy atom. The van der Waals surface area contributed by atoms with Gasteiger partial charge in [0.2, 0.25) is 0 Å². The smallest absolute Gasteiger partial charge is 0.334 e. The summed E-state index contributed by atoms with van der Waals surface area (Å²) in [5.74, 6) is -0.395. The molecule has 3 aliphatic heterocycles. The number of nitrogen functional groups attached to an aromatic ring is 1. The zero-order valence-electron chi connectivity index (χ0n) is 28.3. The van der Waals surface area contributed by atoms with E-state index < -0.39 is 23.1 Å². The molecule has 1 amide bonds. The van der Waals surface area contributed by atoms with Crippen LogP contribution in [-0.2, 0) is 9.53 Å². The monoisotopic (exact) mass is 680 g/mol. The summed E-state index contributed by atoms with van der Waals surface area (Å²) < 4.78 is 29.4. The minimum Gasteiger partial charge on any atom is -0.454 e. The van der Waals surface area contributed by atoms with E-state index in [0.29, 0.717) is 42.2 Å². The molecule has 1 unspecified atom stereocenters. The molecular weight excluding hydrogens is 639 g/mol. The molecule has 0 radical (unpaired) electrons. The number of piperidine rings is 1. The lowest BCUT2D eigenvalue weighted by Gasteiger charge is -2.46. The lowest BCUT2D eigenvalue weighted by molar-refractivity contribution is -0.128. The molecule has 12 nitrogen and oxygen atoms in total. The number of fused-ring (bicyclic) bond motifs is 1. The highest BCUT2D eigenvalue weighted by atomic mass is 19.1. The van der Waals surface area contributed by atoms with Crippen molar-refractivity contribution in [3.63, 3.8) is 0 Å². The number of imidazole rings is 1. The lowest BCUT2D eigenvalue weighted by atomic mass is 9.96. The first-order valence-corrected chi connectivity index (χ1v) is 17.0. The molecule has 260 valence electrons. The molecule has 3 saturated heterocycles. The molecule has 7 rings (SSSR count). The molecule has 0 aliphatic carbocycles. The fourth-order valence-corrected chi connectivity index (χ4v) is 7.31. The lowest BCUT2D eigenvalue weighted by Crippen LogP contribution is -2.59. The summed E-state index contributed by atoms with van der Waals surface area (Å²) in [7, 11) is 0. The molecule has 4 aromatic rings. The van der Waals surface area contributed by atoms with Gasteiger partial charge in [-0.2, -0.15) is 5.26 Å². The van der Waals surface area contributed by atoms with Crippen LogP contribution in [0.4, 0.5) is 10.2 Å². The number of aromatic nitrogens is 3. The number of nitrogens with two attached hydrogens (primary N) is 1. The standard InChI is InChI=1S/C37H41FN8O4/c1-37(2,44-17-15-42(16-18-44)28-23-49-24-28)20-25(21-39)35(47)43-14-6-7-27(22-43)45-31-12-13-41-34(40)33(31)46(36(45)48)26-10-11-32(30(38)19-26)50-29-8-4-3-5-9-29/h3-5,8-13,19-20,27-28H,6-7,14-18,22-24H2,1-2H3,(H2,40,41). The zero-order chi connectivity index (χ0) is 35.0. The van der Waals surface area contributed by atoms with E-state index in [-0.39, 0.29) is 35.3 Å². The molecule has 0 bridgehead atoms. The van der Waals surface area contributed by atoms with Crippen molar-refractivity contribution >= 4 is 22.8 Å². The first-order valence-electron chi connectivity index (χ1n) is 17.0. The van der Waals surface area contributed by atoms with Crippen molar-refractivity contribution < 1.29 is 18.7 Å². The van der Waals surface area contributed by atoms with Crippen molar-refractivity contribution in [3.05, 3.63) is 88.7 Å². The van der Waals surface area contributed by atoms with Crippen molar-refractivity contribution in [3.8, 4) is 23.3 Å². The van der Waals surface area contributed by atoms with Crippen molar-refractivity contribution in [1.82, 2.24) is 28.8 Å². The number of para-hydroxylation sites is 1. The zero-order valence-corrected chi connectivity index (χ0v) is 28.3.